The zero-order valence-corrected chi connectivity index (χ0v) is 19.9. The van der Waals surface area contributed by atoms with Gasteiger partial charge < -0.3 is 14.2 Å². The molecule has 2 aromatic carbocycles. The standard InChI is InChI=1S/C24H24N6O3S/c1-4-31-19-12-16(13-20(32-5-2)21(19)33-6-3)23-29-30-22(27-28-24(30)34-23)18-14-17(25-26-18)15-10-8-7-9-11-15/h7-14H,4-6H2,1-3H3,(H,25,26). The Morgan fingerprint density at radius 1 is 0.853 bits per heavy atom. The molecule has 10 heteroatoms. The minimum atomic E-state index is 0.508. The molecule has 0 aliphatic carbocycles. The summed E-state index contributed by atoms with van der Waals surface area (Å²) in [6.45, 7) is 7.33. The molecule has 0 aliphatic heterocycles. The lowest BCUT2D eigenvalue weighted by molar-refractivity contribution is 0.261. The van der Waals surface area contributed by atoms with Gasteiger partial charge in [0.05, 0.1) is 25.5 Å². The van der Waals surface area contributed by atoms with Gasteiger partial charge in [-0.25, -0.2) is 0 Å². The van der Waals surface area contributed by atoms with E-state index in [4.69, 9.17) is 19.3 Å². The Morgan fingerprint density at radius 3 is 2.24 bits per heavy atom. The summed E-state index contributed by atoms with van der Waals surface area (Å²) in [6, 6.07) is 15.8. The third-order valence-corrected chi connectivity index (χ3v) is 5.98. The molecule has 0 fully saturated rings. The molecule has 0 radical (unpaired) electrons. The number of aromatic nitrogens is 6. The second-order valence-corrected chi connectivity index (χ2v) is 8.21. The number of rotatable bonds is 9. The zero-order chi connectivity index (χ0) is 23.5. The van der Waals surface area contributed by atoms with Crippen molar-refractivity contribution in [3.05, 3.63) is 48.5 Å². The first-order valence-electron chi connectivity index (χ1n) is 11.1. The quantitative estimate of drug-likeness (QED) is 0.316. The fourth-order valence-electron chi connectivity index (χ4n) is 3.61. The van der Waals surface area contributed by atoms with Gasteiger partial charge in [0.2, 0.25) is 16.5 Å². The molecule has 174 valence electrons. The van der Waals surface area contributed by atoms with Crippen LogP contribution in [0.1, 0.15) is 20.8 Å². The third kappa shape index (κ3) is 4.08. The van der Waals surface area contributed by atoms with Crippen LogP contribution in [0.25, 0.3) is 38.3 Å². The lowest BCUT2D eigenvalue weighted by Gasteiger charge is -2.16. The van der Waals surface area contributed by atoms with Gasteiger partial charge in [-0.05, 0) is 39.0 Å². The van der Waals surface area contributed by atoms with Gasteiger partial charge >= 0.3 is 0 Å². The molecular formula is C24H24N6O3S. The highest BCUT2D eigenvalue weighted by Crippen LogP contribution is 2.42. The minimum Gasteiger partial charge on any atom is -0.490 e. The molecule has 9 nitrogen and oxygen atoms in total. The van der Waals surface area contributed by atoms with E-state index in [1.54, 1.807) is 4.52 Å². The van der Waals surface area contributed by atoms with Crippen LogP contribution in [0.3, 0.4) is 0 Å². The summed E-state index contributed by atoms with van der Waals surface area (Å²) in [6.07, 6.45) is 0. The molecule has 3 heterocycles. The van der Waals surface area contributed by atoms with Crippen LogP contribution in [0.15, 0.2) is 48.5 Å². The molecule has 34 heavy (non-hydrogen) atoms. The lowest BCUT2D eigenvalue weighted by atomic mass is 10.1. The molecular weight excluding hydrogens is 452 g/mol. The van der Waals surface area contributed by atoms with Crippen molar-refractivity contribution in [2.75, 3.05) is 19.8 Å². The van der Waals surface area contributed by atoms with Crippen molar-refractivity contribution < 1.29 is 14.2 Å². The van der Waals surface area contributed by atoms with E-state index in [0.29, 0.717) is 47.9 Å². The van der Waals surface area contributed by atoms with Crippen molar-refractivity contribution in [1.82, 2.24) is 30.0 Å². The van der Waals surface area contributed by atoms with Crippen LogP contribution >= 0.6 is 11.3 Å². The van der Waals surface area contributed by atoms with E-state index in [1.807, 2.05) is 69.3 Å². The highest BCUT2D eigenvalue weighted by atomic mass is 32.1. The topological polar surface area (TPSA) is 99.5 Å². The van der Waals surface area contributed by atoms with E-state index in [1.165, 1.54) is 11.3 Å². The monoisotopic (exact) mass is 476 g/mol. The average Bonchev–Trinajstić information content (AvgIpc) is 3.58. The largest absolute Gasteiger partial charge is 0.490 e. The summed E-state index contributed by atoms with van der Waals surface area (Å²) in [7, 11) is 0. The Balaban J connectivity index is 1.55. The van der Waals surface area contributed by atoms with Crippen molar-refractivity contribution in [1.29, 1.82) is 0 Å². The minimum absolute atomic E-state index is 0.508. The summed E-state index contributed by atoms with van der Waals surface area (Å²) < 4.78 is 19.3. The van der Waals surface area contributed by atoms with Crippen LogP contribution in [-0.2, 0) is 0 Å². The highest BCUT2D eigenvalue weighted by molar-refractivity contribution is 7.19. The van der Waals surface area contributed by atoms with Gasteiger partial charge in [0, 0.05) is 11.1 Å². The first-order valence-corrected chi connectivity index (χ1v) is 11.9. The molecule has 0 aliphatic rings. The number of nitrogens with zero attached hydrogens (tertiary/aromatic N) is 5. The van der Waals surface area contributed by atoms with Gasteiger partial charge in [-0.1, -0.05) is 41.7 Å². The third-order valence-electron chi connectivity index (χ3n) is 5.04. The smallest absolute Gasteiger partial charge is 0.235 e. The molecule has 5 aromatic rings. The van der Waals surface area contributed by atoms with E-state index in [2.05, 4.69) is 20.4 Å². The molecule has 0 spiro atoms. The first kappa shape index (κ1) is 21.9. The number of hydrogen-bond donors (Lipinski definition) is 1. The summed E-state index contributed by atoms with van der Waals surface area (Å²) in [5, 5.41) is 21.7. The molecule has 0 atom stereocenters. The Kier molecular flexibility index (Phi) is 6.13. The van der Waals surface area contributed by atoms with Gasteiger partial charge in [-0.15, -0.1) is 10.2 Å². The second-order valence-electron chi connectivity index (χ2n) is 7.26. The highest BCUT2D eigenvalue weighted by Gasteiger charge is 2.20. The van der Waals surface area contributed by atoms with Gasteiger partial charge in [-0.3, -0.25) is 5.10 Å². The van der Waals surface area contributed by atoms with E-state index in [9.17, 15) is 0 Å². The van der Waals surface area contributed by atoms with E-state index < -0.39 is 0 Å². The number of nitrogens with one attached hydrogen (secondary N) is 1. The molecule has 0 bridgehead atoms. The Hall–Kier alpha value is -3.92. The maximum absolute atomic E-state index is 5.86. The molecule has 0 saturated carbocycles. The Labute approximate surface area is 200 Å². The van der Waals surface area contributed by atoms with Crippen molar-refractivity contribution in [3.8, 4) is 50.6 Å². The SMILES string of the molecule is CCOc1cc(-c2nn3c(-c4cc(-c5ccccc5)n[nH]4)nnc3s2)cc(OCC)c1OCC. The van der Waals surface area contributed by atoms with Gasteiger partial charge in [0.15, 0.2) is 11.5 Å². The molecule has 3 aromatic heterocycles. The van der Waals surface area contributed by atoms with Crippen LogP contribution in [0.5, 0.6) is 17.2 Å². The van der Waals surface area contributed by atoms with Crippen LogP contribution in [0.2, 0.25) is 0 Å². The maximum atomic E-state index is 5.86. The van der Waals surface area contributed by atoms with E-state index in [0.717, 1.165) is 27.5 Å². The number of hydrogen-bond acceptors (Lipinski definition) is 8. The van der Waals surface area contributed by atoms with Gasteiger partial charge in [0.1, 0.15) is 10.7 Å². The predicted molar refractivity (Wildman–Crippen MR) is 131 cm³/mol. The number of fused-ring (bicyclic) bond motifs is 1. The Morgan fingerprint density at radius 2 is 1.56 bits per heavy atom. The van der Waals surface area contributed by atoms with Crippen molar-refractivity contribution in [2.24, 2.45) is 0 Å². The number of benzene rings is 2. The fourth-order valence-corrected chi connectivity index (χ4v) is 4.43. The molecule has 1 N–H and O–H groups in total. The molecule has 5 rings (SSSR count). The lowest BCUT2D eigenvalue weighted by Crippen LogP contribution is -2.03. The van der Waals surface area contributed by atoms with E-state index >= 15 is 0 Å². The predicted octanol–water partition coefficient (Wildman–Crippen LogP) is 5.11. The van der Waals surface area contributed by atoms with Gasteiger partial charge in [-0.2, -0.15) is 14.7 Å². The van der Waals surface area contributed by atoms with Gasteiger partial charge in [0.25, 0.3) is 0 Å². The summed E-state index contributed by atoms with van der Waals surface area (Å²) >= 11 is 1.43. The molecule has 0 unspecified atom stereocenters. The number of ether oxygens (including phenoxy) is 3. The van der Waals surface area contributed by atoms with Crippen LogP contribution in [0, 0.1) is 0 Å². The van der Waals surface area contributed by atoms with E-state index in [-0.39, 0.29) is 0 Å². The fraction of sp³-hybridized carbons (Fsp3) is 0.250. The van der Waals surface area contributed by atoms with Crippen molar-refractivity contribution >= 4 is 16.3 Å². The van der Waals surface area contributed by atoms with Crippen molar-refractivity contribution in [2.45, 2.75) is 20.8 Å². The Bertz CT molecular complexity index is 1380. The van der Waals surface area contributed by atoms with Crippen molar-refractivity contribution in [3.63, 3.8) is 0 Å². The van der Waals surface area contributed by atoms with Crippen LogP contribution in [0.4, 0.5) is 0 Å². The zero-order valence-electron chi connectivity index (χ0n) is 19.1. The normalized spacial score (nSPS) is 11.1. The number of aromatic amines is 1. The molecule has 0 amide bonds. The summed E-state index contributed by atoms with van der Waals surface area (Å²) in [5.74, 6) is 2.44. The van der Waals surface area contributed by atoms with Crippen LogP contribution in [-0.4, -0.2) is 49.8 Å². The first-order chi connectivity index (χ1) is 16.7. The summed E-state index contributed by atoms with van der Waals surface area (Å²) in [5.41, 5.74) is 3.44. The maximum Gasteiger partial charge on any atom is 0.235 e. The summed E-state index contributed by atoms with van der Waals surface area (Å²) in [4.78, 5) is 0.672. The molecule has 0 saturated heterocycles. The number of H-pyrrole nitrogens is 1. The average molecular weight is 477 g/mol. The second kappa shape index (κ2) is 9.52. The van der Waals surface area contributed by atoms with Crippen LogP contribution < -0.4 is 14.2 Å².